The SMILES string of the molecule is CNc1ccc(S(=O)(=O)NCCCSC)cc1. The van der Waals surface area contributed by atoms with Gasteiger partial charge in [-0.05, 0) is 42.7 Å². The average molecular weight is 274 g/mol. The van der Waals surface area contributed by atoms with Gasteiger partial charge < -0.3 is 5.32 Å². The van der Waals surface area contributed by atoms with Gasteiger partial charge >= 0.3 is 0 Å². The van der Waals surface area contributed by atoms with Crippen LogP contribution in [-0.2, 0) is 10.0 Å². The molecule has 4 nitrogen and oxygen atoms in total. The molecule has 0 aromatic heterocycles. The van der Waals surface area contributed by atoms with Crippen molar-refractivity contribution in [3.63, 3.8) is 0 Å². The number of rotatable bonds is 7. The summed E-state index contributed by atoms with van der Waals surface area (Å²) >= 11 is 1.71. The largest absolute Gasteiger partial charge is 0.388 e. The fourth-order valence-corrected chi connectivity index (χ4v) is 2.81. The molecule has 1 aromatic carbocycles. The lowest BCUT2D eigenvalue weighted by molar-refractivity contribution is 0.581. The van der Waals surface area contributed by atoms with Crippen molar-refractivity contribution in [1.29, 1.82) is 0 Å². The van der Waals surface area contributed by atoms with Crippen LogP contribution in [0.4, 0.5) is 5.69 Å². The predicted octanol–water partition coefficient (Wildman–Crippen LogP) is 1.76. The first-order valence-corrected chi connectivity index (χ1v) is 8.24. The maximum atomic E-state index is 11.9. The number of hydrogen-bond acceptors (Lipinski definition) is 4. The Balaban J connectivity index is 2.62. The van der Waals surface area contributed by atoms with Gasteiger partial charge in [0.1, 0.15) is 0 Å². The van der Waals surface area contributed by atoms with Gasteiger partial charge in [0.05, 0.1) is 4.90 Å². The molecule has 2 N–H and O–H groups in total. The second-order valence-corrected chi connectivity index (χ2v) is 6.27. The Morgan fingerprint density at radius 1 is 1.24 bits per heavy atom. The van der Waals surface area contributed by atoms with Crippen molar-refractivity contribution in [2.45, 2.75) is 11.3 Å². The van der Waals surface area contributed by atoms with E-state index in [0.29, 0.717) is 11.4 Å². The molecule has 17 heavy (non-hydrogen) atoms. The minimum Gasteiger partial charge on any atom is -0.388 e. The van der Waals surface area contributed by atoms with Crippen molar-refractivity contribution in [1.82, 2.24) is 4.72 Å². The topological polar surface area (TPSA) is 58.2 Å². The molecule has 0 amide bonds. The zero-order valence-corrected chi connectivity index (χ0v) is 11.7. The molecular formula is C11H18N2O2S2. The number of hydrogen-bond donors (Lipinski definition) is 2. The van der Waals surface area contributed by atoms with Crippen LogP contribution >= 0.6 is 11.8 Å². The van der Waals surface area contributed by atoms with Crippen LogP contribution in [0.2, 0.25) is 0 Å². The van der Waals surface area contributed by atoms with Crippen LogP contribution in [0.5, 0.6) is 0 Å². The zero-order chi connectivity index (χ0) is 12.7. The highest BCUT2D eigenvalue weighted by Crippen LogP contribution is 2.13. The lowest BCUT2D eigenvalue weighted by Gasteiger charge is -2.07. The van der Waals surface area contributed by atoms with Gasteiger partial charge in [-0.2, -0.15) is 11.8 Å². The van der Waals surface area contributed by atoms with Crippen molar-refractivity contribution >= 4 is 27.5 Å². The van der Waals surface area contributed by atoms with Gasteiger partial charge in [0.15, 0.2) is 0 Å². The van der Waals surface area contributed by atoms with Gasteiger partial charge in [-0.3, -0.25) is 0 Å². The molecule has 1 aromatic rings. The summed E-state index contributed by atoms with van der Waals surface area (Å²) in [6.45, 7) is 0.483. The number of benzene rings is 1. The molecule has 0 aliphatic heterocycles. The van der Waals surface area contributed by atoms with E-state index >= 15 is 0 Å². The Labute approximate surface area is 107 Å². The molecule has 0 radical (unpaired) electrons. The second kappa shape index (κ2) is 6.88. The summed E-state index contributed by atoms with van der Waals surface area (Å²) < 4.78 is 26.3. The van der Waals surface area contributed by atoms with E-state index < -0.39 is 10.0 Å². The monoisotopic (exact) mass is 274 g/mol. The third-order valence-electron chi connectivity index (χ3n) is 2.27. The molecular weight excluding hydrogens is 256 g/mol. The van der Waals surface area contributed by atoms with E-state index in [4.69, 9.17) is 0 Å². The van der Waals surface area contributed by atoms with E-state index in [1.54, 1.807) is 43.1 Å². The normalized spacial score (nSPS) is 11.4. The first-order valence-electron chi connectivity index (χ1n) is 5.36. The van der Waals surface area contributed by atoms with Gasteiger partial charge in [0, 0.05) is 19.3 Å². The Bertz CT molecular complexity index is 429. The average Bonchev–Trinajstić information content (AvgIpc) is 2.35. The molecule has 96 valence electrons. The summed E-state index contributed by atoms with van der Waals surface area (Å²) in [5.74, 6) is 0.960. The summed E-state index contributed by atoms with van der Waals surface area (Å²) in [6.07, 6.45) is 2.85. The highest BCUT2D eigenvalue weighted by atomic mass is 32.2. The number of anilines is 1. The molecule has 1 rings (SSSR count). The number of nitrogens with one attached hydrogen (secondary N) is 2. The molecule has 0 aliphatic carbocycles. The highest BCUT2D eigenvalue weighted by molar-refractivity contribution is 7.98. The van der Waals surface area contributed by atoms with Crippen LogP contribution in [0.15, 0.2) is 29.2 Å². The maximum absolute atomic E-state index is 11.9. The first-order chi connectivity index (χ1) is 8.10. The van der Waals surface area contributed by atoms with Crippen molar-refractivity contribution in [3.8, 4) is 0 Å². The van der Waals surface area contributed by atoms with Gasteiger partial charge in [-0.1, -0.05) is 0 Å². The summed E-state index contributed by atoms with van der Waals surface area (Å²) in [5, 5.41) is 2.95. The molecule has 6 heteroatoms. The predicted molar refractivity (Wildman–Crippen MR) is 74.2 cm³/mol. The van der Waals surface area contributed by atoms with Crippen LogP contribution in [0.1, 0.15) is 6.42 Å². The Hall–Kier alpha value is -0.720. The molecule has 0 spiro atoms. The van der Waals surface area contributed by atoms with E-state index in [-0.39, 0.29) is 0 Å². The number of sulfonamides is 1. The maximum Gasteiger partial charge on any atom is 0.240 e. The molecule has 0 aliphatic rings. The number of thioether (sulfide) groups is 1. The molecule has 0 saturated carbocycles. The minimum atomic E-state index is -3.35. The van der Waals surface area contributed by atoms with Crippen molar-refractivity contribution in [2.24, 2.45) is 0 Å². The standard InChI is InChI=1S/C11H18N2O2S2/c1-12-10-4-6-11(7-5-10)17(14,15)13-8-3-9-16-2/h4-7,12-13H,3,8-9H2,1-2H3. The van der Waals surface area contributed by atoms with Gasteiger partial charge in [-0.15, -0.1) is 0 Å². The highest BCUT2D eigenvalue weighted by Gasteiger charge is 2.12. The third-order valence-corrected chi connectivity index (χ3v) is 4.44. The summed E-state index contributed by atoms with van der Waals surface area (Å²) in [5.41, 5.74) is 0.895. The summed E-state index contributed by atoms with van der Waals surface area (Å²) in [6, 6.07) is 6.69. The molecule has 0 saturated heterocycles. The molecule has 0 heterocycles. The molecule has 0 fully saturated rings. The van der Waals surface area contributed by atoms with E-state index in [1.165, 1.54) is 0 Å². The van der Waals surface area contributed by atoms with Crippen molar-refractivity contribution in [3.05, 3.63) is 24.3 Å². The lowest BCUT2D eigenvalue weighted by atomic mass is 10.3. The van der Waals surface area contributed by atoms with Gasteiger partial charge in [0.2, 0.25) is 10.0 Å². The van der Waals surface area contributed by atoms with Crippen LogP contribution in [-0.4, -0.2) is 34.0 Å². The van der Waals surface area contributed by atoms with E-state index in [9.17, 15) is 8.42 Å². The molecule has 0 atom stereocenters. The first kappa shape index (κ1) is 14.3. The smallest absolute Gasteiger partial charge is 0.240 e. The van der Waals surface area contributed by atoms with E-state index in [2.05, 4.69) is 10.0 Å². The van der Waals surface area contributed by atoms with E-state index in [0.717, 1.165) is 17.9 Å². The Morgan fingerprint density at radius 3 is 2.41 bits per heavy atom. The van der Waals surface area contributed by atoms with E-state index in [1.807, 2.05) is 6.26 Å². The lowest BCUT2D eigenvalue weighted by Crippen LogP contribution is -2.25. The second-order valence-electron chi connectivity index (χ2n) is 3.52. The van der Waals surface area contributed by atoms with Gasteiger partial charge in [0.25, 0.3) is 0 Å². The Morgan fingerprint density at radius 2 is 1.88 bits per heavy atom. The zero-order valence-electron chi connectivity index (χ0n) is 10.1. The fourth-order valence-electron chi connectivity index (χ4n) is 1.31. The summed E-state index contributed by atoms with van der Waals surface area (Å²) in [7, 11) is -1.56. The van der Waals surface area contributed by atoms with Crippen molar-refractivity contribution in [2.75, 3.05) is 30.9 Å². The summed E-state index contributed by atoms with van der Waals surface area (Å²) in [4.78, 5) is 0.306. The van der Waals surface area contributed by atoms with Gasteiger partial charge in [-0.25, -0.2) is 13.1 Å². The molecule has 0 unspecified atom stereocenters. The molecule has 0 bridgehead atoms. The minimum absolute atomic E-state index is 0.306. The van der Waals surface area contributed by atoms with Crippen LogP contribution < -0.4 is 10.0 Å². The quantitative estimate of drug-likeness (QED) is 0.744. The van der Waals surface area contributed by atoms with Crippen molar-refractivity contribution < 1.29 is 8.42 Å². The fraction of sp³-hybridized carbons (Fsp3) is 0.455. The Kier molecular flexibility index (Phi) is 5.80. The van der Waals surface area contributed by atoms with Crippen LogP contribution in [0.3, 0.4) is 0 Å². The van der Waals surface area contributed by atoms with Crippen LogP contribution in [0, 0.1) is 0 Å². The van der Waals surface area contributed by atoms with Crippen LogP contribution in [0.25, 0.3) is 0 Å². The third kappa shape index (κ3) is 4.57.